The molecule has 0 aromatic rings. The molecule has 1 amide bonds. The molecule has 2 N–H and O–H groups in total. The summed E-state index contributed by atoms with van der Waals surface area (Å²) < 4.78 is 0. The number of hydrogen-bond acceptors (Lipinski definition) is 2. The summed E-state index contributed by atoms with van der Waals surface area (Å²) in [5.41, 5.74) is 1.18. The average Bonchev–Trinajstić information content (AvgIpc) is 1.94. The highest BCUT2D eigenvalue weighted by Gasteiger charge is 2.30. The molecule has 3 heteroatoms. The Hall–Kier alpha value is -0.830. The first kappa shape index (κ1) is 9.26. The number of aliphatic hydroxyl groups excluding tert-OH is 1. The molecule has 1 aliphatic rings. The molecule has 0 bridgehead atoms. The molecule has 1 saturated carbocycles. The van der Waals surface area contributed by atoms with E-state index in [0.717, 1.165) is 12.8 Å². The Morgan fingerprint density at radius 1 is 1.67 bits per heavy atom. The third-order valence-corrected chi connectivity index (χ3v) is 2.34. The van der Waals surface area contributed by atoms with E-state index in [1.54, 1.807) is 0 Å². The van der Waals surface area contributed by atoms with Crippen molar-refractivity contribution in [1.29, 1.82) is 0 Å². The van der Waals surface area contributed by atoms with Crippen molar-refractivity contribution in [1.82, 2.24) is 5.32 Å². The molecule has 0 spiro atoms. The Bertz CT molecular complexity index is 195. The van der Waals surface area contributed by atoms with Crippen LogP contribution in [0.3, 0.4) is 0 Å². The first-order chi connectivity index (χ1) is 5.63. The molecule has 0 unspecified atom stereocenters. The summed E-state index contributed by atoms with van der Waals surface area (Å²) in [6, 6.07) is 0.256. The SMILES string of the molecule is C=C(C)C1CC(NC(=O)CO)C1. The normalized spacial score (nSPS) is 27.5. The topological polar surface area (TPSA) is 49.3 Å². The number of rotatable bonds is 3. The van der Waals surface area contributed by atoms with Crippen LogP contribution in [0.1, 0.15) is 19.8 Å². The van der Waals surface area contributed by atoms with Crippen LogP contribution < -0.4 is 5.32 Å². The van der Waals surface area contributed by atoms with Gasteiger partial charge in [-0.15, -0.1) is 0 Å². The van der Waals surface area contributed by atoms with Crippen LogP contribution in [0.5, 0.6) is 0 Å². The minimum absolute atomic E-state index is 0.256. The number of allylic oxidation sites excluding steroid dienone is 1. The van der Waals surface area contributed by atoms with E-state index in [-0.39, 0.29) is 11.9 Å². The molecular weight excluding hydrogens is 154 g/mol. The van der Waals surface area contributed by atoms with Crippen LogP contribution in [0, 0.1) is 5.92 Å². The van der Waals surface area contributed by atoms with Crippen LogP contribution in [0.2, 0.25) is 0 Å². The van der Waals surface area contributed by atoms with Gasteiger partial charge < -0.3 is 10.4 Å². The molecule has 0 heterocycles. The minimum atomic E-state index is -0.408. The molecule has 3 nitrogen and oxygen atoms in total. The predicted octanol–water partition coefficient (Wildman–Crippen LogP) is 0.450. The van der Waals surface area contributed by atoms with Crippen molar-refractivity contribution in [3.8, 4) is 0 Å². The van der Waals surface area contributed by atoms with E-state index < -0.39 is 6.61 Å². The van der Waals surface area contributed by atoms with E-state index in [1.165, 1.54) is 5.57 Å². The van der Waals surface area contributed by atoms with Gasteiger partial charge in [-0.3, -0.25) is 4.79 Å². The van der Waals surface area contributed by atoms with Crippen molar-refractivity contribution in [3.05, 3.63) is 12.2 Å². The first-order valence-corrected chi connectivity index (χ1v) is 4.19. The Balaban J connectivity index is 2.17. The van der Waals surface area contributed by atoms with Gasteiger partial charge in [0.15, 0.2) is 0 Å². The van der Waals surface area contributed by atoms with Crippen LogP contribution in [0.4, 0.5) is 0 Å². The van der Waals surface area contributed by atoms with Gasteiger partial charge in [0.2, 0.25) is 5.91 Å². The van der Waals surface area contributed by atoms with E-state index in [0.29, 0.717) is 5.92 Å². The lowest BCUT2D eigenvalue weighted by molar-refractivity contribution is -0.125. The van der Waals surface area contributed by atoms with Gasteiger partial charge in [-0.25, -0.2) is 0 Å². The third kappa shape index (κ3) is 2.08. The third-order valence-electron chi connectivity index (χ3n) is 2.34. The fourth-order valence-corrected chi connectivity index (χ4v) is 1.41. The van der Waals surface area contributed by atoms with Gasteiger partial charge in [0.05, 0.1) is 0 Å². The van der Waals surface area contributed by atoms with Crippen LogP contribution >= 0.6 is 0 Å². The molecule has 1 fully saturated rings. The van der Waals surface area contributed by atoms with Crippen LogP contribution in [0.15, 0.2) is 12.2 Å². The van der Waals surface area contributed by atoms with Gasteiger partial charge in [0, 0.05) is 6.04 Å². The van der Waals surface area contributed by atoms with E-state index >= 15 is 0 Å². The summed E-state index contributed by atoms with van der Waals surface area (Å²) in [5.74, 6) is 0.286. The maximum Gasteiger partial charge on any atom is 0.245 e. The molecule has 1 aliphatic carbocycles. The maximum atomic E-state index is 10.7. The number of hydrogen-bond donors (Lipinski definition) is 2. The van der Waals surface area contributed by atoms with Crippen LogP contribution in [0.25, 0.3) is 0 Å². The van der Waals surface area contributed by atoms with Gasteiger partial charge in [-0.1, -0.05) is 12.2 Å². The zero-order valence-electron chi connectivity index (χ0n) is 7.34. The number of nitrogens with one attached hydrogen (secondary N) is 1. The molecule has 0 aromatic heterocycles. The quantitative estimate of drug-likeness (QED) is 0.603. The predicted molar refractivity (Wildman–Crippen MR) is 46.6 cm³/mol. The molecule has 0 aromatic carbocycles. The number of amides is 1. The fraction of sp³-hybridized carbons (Fsp3) is 0.667. The smallest absolute Gasteiger partial charge is 0.245 e. The first-order valence-electron chi connectivity index (χ1n) is 4.19. The van der Waals surface area contributed by atoms with E-state index in [4.69, 9.17) is 5.11 Å². The fourth-order valence-electron chi connectivity index (χ4n) is 1.41. The summed E-state index contributed by atoms with van der Waals surface area (Å²) in [6.45, 7) is 5.45. The van der Waals surface area contributed by atoms with Gasteiger partial charge in [0.1, 0.15) is 6.61 Å². The largest absolute Gasteiger partial charge is 0.387 e. The van der Waals surface area contributed by atoms with Gasteiger partial charge in [-0.2, -0.15) is 0 Å². The van der Waals surface area contributed by atoms with Crippen LogP contribution in [-0.2, 0) is 4.79 Å². The summed E-state index contributed by atoms with van der Waals surface area (Å²) >= 11 is 0. The monoisotopic (exact) mass is 169 g/mol. The molecule has 1 rings (SSSR count). The van der Waals surface area contributed by atoms with Gasteiger partial charge in [-0.05, 0) is 25.7 Å². The summed E-state index contributed by atoms with van der Waals surface area (Å²) in [6.07, 6.45) is 1.95. The summed E-state index contributed by atoms with van der Waals surface area (Å²) in [4.78, 5) is 10.7. The highest BCUT2D eigenvalue weighted by Crippen LogP contribution is 2.32. The second-order valence-electron chi connectivity index (χ2n) is 3.44. The van der Waals surface area contributed by atoms with Crippen molar-refractivity contribution in [2.24, 2.45) is 5.92 Å². The maximum absolute atomic E-state index is 10.7. The number of carbonyl (C=O) groups is 1. The van der Waals surface area contributed by atoms with Crippen LogP contribution in [-0.4, -0.2) is 23.7 Å². The molecule has 68 valence electrons. The average molecular weight is 169 g/mol. The molecule has 0 aliphatic heterocycles. The van der Waals surface area contributed by atoms with Crippen molar-refractivity contribution in [2.45, 2.75) is 25.8 Å². The van der Waals surface area contributed by atoms with Gasteiger partial charge in [0.25, 0.3) is 0 Å². The van der Waals surface area contributed by atoms with Crippen molar-refractivity contribution in [2.75, 3.05) is 6.61 Å². The zero-order valence-corrected chi connectivity index (χ0v) is 7.34. The van der Waals surface area contributed by atoms with Crippen molar-refractivity contribution < 1.29 is 9.90 Å². The highest BCUT2D eigenvalue weighted by molar-refractivity contribution is 5.77. The van der Waals surface area contributed by atoms with E-state index in [1.807, 2.05) is 6.92 Å². The molecular formula is C9H15NO2. The highest BCUT2D eigenvalue weighted by atomic mass is 16.3. The molecule has 0 atom stereocenters. The van der Waals surface area contributed by atoms with Crippen molar-refractivity contribution >= 4 is 5.91 Å². The molecule has 0 saturated heterocycles. The Morgan fingerprint density at radius 3 is 2.67 bits per heavy atom. The van der Waals surface area contributed by atoms with Gasteiger partial charge >= 0.3 is 0 Å². The number of carbonyl (C=O) groups excluding carboxylic acids is 1. The second-order valence-corrected chi connectivity index (χ2v) is 3.44. The number of aliphatic hydroxyl groups is 1. The van der Waals surface area contributed by atoms with E-state index in [9.17, 15) is 4.79 Å². The molecule has 12 heavy (non-hydrogen) atoms. The Labute approximate surface area is 72.5 Å². The Morgan fingerprint density at radius 2 is 2.25 bits per heavy atom. The lowest BCUT2D eigenvalue weighted by Crippen LogP contribution is -2.45. The summed E-state index contributed by atoms with van der Waals surface area (Å²) in [5, 5.41) is 11.2. The lowest BCUT2D eigenvalue weighted by Gasteiger charge is -2.36. The zero-order chi connectivity index (χ0) is 9.14. The Kier molecular flexibility index (Phi) is 2.87. The lowest BCUT2D eigenvalue weighted by atomic mass is 9.76. The second kappa shape index (κ2) is 3.72. The minimum Gasteiger partial charge on any atom is -0.387 e. The van der Waals surface area contributed by atoms with E-state index in [2.05, 4.69) is 11.9 Å². The standard InChI is InChI=1S/C9H15NO2/c1-6(2)7-3-8(4-7)10-9(12)5-11/h7-8,11H,1,3-5H2,2H3,(H,10,12). The van der Waals surface area contributed by atoms with Crippen molar-refractivity contribution in [3.63, 3.8) is 0 Å². The molecule has 0 radical (unpaired) electrons. The summed E-state index contributed by atoms with van der Waals surface area (Å²) in [7, 11) is 0.